The summed E-state index contributed by atoms with van der Waals surface area (Å²) in [6, 6.07) is 0. The van der Waals surface area contributed by atoms with Crippen molar-refractivity contribution in [3.8, 4) is 0 Å². The molecule has 13 heavy (non-hydrogen) atoms. The van der Waals surface area contributed by atoms with Gasteiger partial charge >= 0.3 is 0 Å². The van der Waals surface area contributed by atoms with Crippen LogP contribution in [0, 0.1) is 5.41 Å². The second kappa shape index (κ2) is 7.34. The molecule has 0 bridgehead atoms. The Morgan fingerprint density at radius 1 is 1.31 bits per heavy atom. The van der Waals surface area contributed by atoms with Crippen molar-refractivity contribution in [1.29, 1.82) is 0 Å². The van der Waals surface area contributed by atoms with Crippen LogP contribution in [0.3, 0.4) is 0 Å². The summed E-state index contributed by atoms with van der Waals surface area (Å²) in [4.78, 5) is 0. The summed E-state index contributed by atoms with van der Waals surface area (Å²) in [6.07, 6.45) is 5.05. The minimum Gasteiger partial charge on any atom is -0.384 e. The van der Waals surface area contributed by atoms with Crippen molar-refractivity contribution >= 4 is 0 Å². The maximum atomic E-state index is 5.31. The van der Waals surface area contributed by atoms with E-state index in [9.17, 15) is 0 Å². The van der Waals surface area contributed by atoms with Gasteiger partial charge in [0.25, 0.3) is 0 Å². The van der Waals surface area contributed by atoms with Gasteiger partial charge in [0.1, 0.15) is 0 Å². The van der Waals surface area contributed by atoms with Crippen LogP contribution in [0.1, 0.15) is 39.5 Å². The maximum Gasteiger partial charge on any atom is 0.0530 e. The fraction of sp³-hybridized carbons (Fsp3) is 1.00. The predicted molar refractivity (Wildman–Crippen MR) is 58.1 cm³/mol. The summed E-state index contributed by atoms with van der Waals surface area (Å²) in [5.41, 5.74) is 0.361. The minimum absolute atomic E-state index is 0.361. The number of nitrogens with one attached hydrogen (secondary N) is 1. The molecular formula is C11H25NO. The van der Waals surface area contributed by atoms with Crippen molar-refractivity contribution in [1.82, 2.24) is 5.32 Å². The highest BCUT2D eigenvalue weighted by molar-refractivity contribution is 4.79. The first kappa shape index (κ1) is 12.9. The van der Waals surface area contributed by atoms with E-state index in [4.69, 9.17) is 4.74 Å². The topological polar surface area (TPSA) is 21.3 Å². The van der Waals surface area contributed by atoms with E-state index < -0.39 is 0 Å². The average Bonchev–Trinajstić information content (AvgIpc) is 2.15. The molecule has 0 fully saturated rings. The lowest BCUT2D eigenvalue weighted by Gasteiger charge is -2.31. The van der Waals surface area contributed by atoms with Gasteiger partial charge in [-0.05, 0) is 19.9 Å². The Balaban J connectivity index is 4.07. The highest BCUT2D eigenvalue weighted by Gasteiger charge is 2.26. The lowest BCUT2D eigenvalue weighted by Crippen LogP contribution is -2.36. The van der Waals surface area contributed by atoms with E-state index in [-0.39, 0.29) is 0 Å². The molecule has 0 heterocycles. The van der Waals surface area contributed by atoms with Crippen molar-refractivity contribution in [2.45, 2.75) is 39.5 Å². The normalized spacial score (nSPS) is 15.7. The van der Waals surface area contributed by atoms with Gasteiger partial charge in [0.15, 0.2) is 0 Å². The molecular weight excluding hydrogens is 162 g/mol. The third-order valence-electron chi connectivity index (χ3n) is 2.81. The highest BCUT2D eigenvalue weighted by Crippen LogP contribution is 2.28. The Hall–Kier alpha value is -0.0800. The quantitative estimate of drug-likeness (QED) is 0.630. The molecule has 1 unspecified atom stereocenters. The summed E-state index contributed by atoms with van der Waals surface area (Å²) >= 11 is 0. The molecule has 0 spiro atoms. The van der Waals surface area contributed by atoms with Crippen LogP contribution in [0.15, 0.2) is 0 Å². The number of unbranched alkanes of at least 4 members (excludes halogenated alkanes) is 1. The van der Waals surface area contributed by atoms with Gasteiger partial charge in [-0.1, -0.05) is 26.7 Å². The van der Waals surface area contributed by atoms with Crippen LogP contribution < -0.4 is 5.32 Å². The Bertz CT molecular complexity index is 109. The zero-order valence-electron chi connectivity index (χ0n) is 9.65. The molecule has 0 aliphatic heterocycles. The predicted octanol–water partition coefficient (Wildman–Crippen LogP) is 2.44. The third-order valence-corrected chi connectivity index (χ3v) is 2.81. The second-order valence-electron chi connectivity index (χ2n) is 3.92. The van der Waals surface area contributed by atoms with Gasteiger partial charge in [-0.25, -0.2) is 0 Å². The molecule has 1 N–H and O–H groups in total. The first-order chi connectivity index (χ1) is 6.24. The Labute approximate surface area is 83.1 Å². The Morgan fingerprint density at radius 3 is 2.38 bits per heavy atom. The summed E-state index contributed by atoms with van der Waals surface area (Å²) in [7, 11) is 3.82. The van der Waals surface area contributed by atoms with E-state index in [0.29, 0.717) is 5.41 Å². The molecule has 0 aliphatic rings. The first-order valence-corrected chi connectivity index (χ1v) is 5.38. The van der Waals surface area contributed by atoms with Crippen molar-refractivity contribution in [3.05, 3.63) is 0 Å². The van der Waals surface area contributed by atoms with Crippen LogP contribution in [0.2, 0.25) is 0 Å². The van der Waals surface area contributed by atoms with Crippen molar-refractivity contribution in [3.63, 3.8) is 0 Å². The molecule has 0 saturated carbocycles. The molecule has 0 radical (unpaired) electrons. The summed E-state index contributed by atoms with van der Waals surface area (Å²) in [6.45, 7) is 6.44. The SMILES string of the molecule is CCCCC(CC)(CNC)COC. The molecule has 0 rings (SSSR count). The van der Waals surface area contributed by atoms with E-state index >= 15 is 0 Å². The van der Waals surface area contributed by atoms with E-state index in [1.165, 1.54) is 25.7 Å². The molecule has 0 amide bonds. The van der Waals surface area contributed by atoms with Gasteiger partial charge in [0, 0.05) is 19.1 Å². The second-order valence-corrected chi connectivity index (χ2v) is 3.92. The monoisotopic (exact) mass is 187 g/mol. The van der Waals surface area contributed by atoms with Crippen LogP contribution in [0.4, 0.5) is 0 Å². The number of rotatable bonds is 8. The fourth-order valence-corrected chi connectivity index (χ4v) is 1.85. The number of hydrogen-bond acceptors (Lipinski definition) is 2. The lowest BCUT2D eigenvalue weighted by molar-refractivity contribution is 0.0676. The van der Waals surface area contributed by atoms with E-state index in [1.807, 2.05) is 7.05 Å². The van der Waals surface area contributed by atoms with Gasteiger partial charge < -0.3 is 10.1 Å². The van der Waals surface area contributed by atoms with Gasteiger partial charge in [-0.3, -0.25) is 0 Å². The molecule has 2 heteroatoms. The Kier molecular flexibility index (Phi) is 7.29. The zero-order chi connectivity index (χ0) is 10.2. The molecule has 2 nitrogen and oxygen atoms in total. The van der Waals surface area contributed by atoms with Crippen LogP contribution in [0.25, 0.3) is 0 Å². The zero-order valence-corrected chi connectivity index (χ0v) is 9.65. The van der Waals surface area contributed by atoms with Crippen LogP contribution >= 0.6 is 0 Å². The van der Waals surface area contributed by atoms with Crippen LogP contribution in [-0.4, -0.2) is 27.3 Å². The van der Waals surface area contributed by atoms with Gasteiger partial charge in [-0.2, -0.15) is 0 Å². The van der Waals surface area contributed by atoms with E-state index in [1.54, 1.807) is 7.11 Å². The van der Waals surface area contributed by atoms with Gasteiger partial charge in [0.2, 0.25) is 0 Å². The molecule has 80 valence electrons. The largest absolute Gasteiger partial charge is 0.384 e. The smallest absolute Gasteiger partial charge is 0.0530 e. The molecule has 0 aromatic heterocycles. The van der Waals surface area contributed by atoms with Crippen LogP contribution in [-0.2, 0) is 4.74 Å². The molecule has 0 aromatic rings. The van der Waals surface area contributed by atoms with Crippen molar-refractivity contribution in [2.75, 3.05) is 27.3 Å². The summed E-state index contributed by atoms with van der Waals surface area (Å²) in [5.74, 6) is 0. The highest BCUT2D eigenvalue weighted by atomic mass is 16.5. The van der Waals surface area contributed by atoms with E-state index in [2.05, 4.69) is 19.2 Å². The van der Waals surface area contributed by atoms with E-state index in [0.717, 1.165) is 13.2 Å². The minimum atomic E-state index is 0.361. The Morgan fingerprint density at radius 2 is 2.00 bits per heavy atom. The standard InChI is InChI=1S/C11H25NO/c1-5-7-8-11(6-2,9-12-3)10-13-4/h12H,5-10H2,1-4H3. The average molecular weight is 187 g/mol. The molecule has 0 saturated heterocycles. The molecule has 1 atom stereocenters. The number of methoxy groups -OCH3 is 1. The van der Waals surface area contributed by atoms with Gasteiger partial charge in [-0.15, -0.1) is 0 Å². The molecule has 0 aromatic carbocycles. The first-order valence-electron chi connectivity index (χ1n) is 5.38. The maximum absolute atomic E-state index is 5.31. The lowest BCUT2D eigenvalue weighted by atomic mass is 9.81. The number of hydrogen-bond donors (Lipinski definition) is 1. The third kappa shape index (κ3) is 4.63. The molecule has 0 aliphatic carbocycles. The number of ether oxygens (including phenoxy) is 1. The van der Waals surface area contributed by atoms with Crippen LogP contribution in [0.5, 0.6) is 0 Å². The van der Waals surface area contributed by atoms with Crippen molar-refractivity contribution < 1.29 is 4.74 Å². The van der Waals surface area contributed by atoms with Gasteiger partial charge in [0.05, 0.1) is 6.61 Å². The fourth-order valence-electron chi connectivity index (χ4n) is 1.85. The summed E-state index contributed by atoms with van der Waals surface area (Å²) < 4.78 is 5.31. The van der Waals surface area contributed by atoms with Crippen molar-refractivity contribution in [2.24, 2.45) is 5.41 Å². The summed E-state index contributed by atoms with van der Waals surface area (Å²) in [5, 5.41) is 3.27.